The molecule has 1 amide bonds. The van der Waals surface area contributed by atoms with E-state index in [2.05, 4.69) is 9.88 Å². The van der Waals surface area contributed by atoms with Gasteiger partial charge in [-0.2, -0.15) is 0 Å². The quantitative estimate of drug-likeness (QED) is 0.500. The number of carbonyl (C=O) groups excluding carboxylic acids is 1. The largest absolute Gasteiger partial charge is 0.379 e. The third kappa shape index (κ3) is 5.53. The highest BCUT2D eigenvalue weighted by molar-refractivity contribution is 7.92. The Hall–Kier alpha value is -2.33. The molecule has 4 rings (SSSR count). The minimum atomic E-state index is -3.75. The van der Waals surface area contributed by atoms with Crippen molar-refractivity contribution in [1.29, 1.82) is 0 Å². The Labute approximate surface area is 192 Å². The van der Waals surface area contributed by atoms with Crippen LogP contribution < -0.4 is 4.90 Å². The van der Waals surface area contributed by atoms with Gasteiger partial charge in [-0.1, -0.05) is 41.2 Å². The molecule has 170 valence electrons. The molecule has 0 bridgehead atoms. The standard InChI is InChI=1S/C23H27N3O4S2/c1-18-7-9-19(10-8-18)32(28,29)17-22(27)26(12-4-11-25-13-15-30-16-14-25)23-24-20-5-2-3-6-21(20)31-23/h2-3,5-10H,4,11-17H2,1H3. The van der Waals surface area contributed by atoms with Crippen LogP contribution in [0, 0.1) is 6.92 Å². The summed E-state index contributed by atoms with van der Waals surface area (Å²) in [6.45, 7) is 6.31. The van der Waals surface area contributed by atoms with E-state index in [1.807, 2.05) is 31.2 Å². The second kappa shape index (κ2) is 10.1. The molecule has 0 unspecified atom stereocenters. The molecule has 0 aliphatic carbocycles. The fourth-order valence-electron chi connectivity index (χ4n) is 3.65. The van der Waals surface area contributed by atoms with Crippen LogP contribution >= 0.6 is 11.3 Å². The Bertz CT molecular complexity index is 1140. The first-order valence-corrected chi connectivity index (χ1v) is 13.1. The monoisotopic (exact) mass is 473 g/mol. The molecule has 0 atom stereocenters. The minimum Gasteiger partial charge on any atom is -0.379 e. The highest BCUT2D eigenvalue weighted by Crippen LogP contribution is 2.29. The molecule has 0 radical (unpaired) electrons. The molecular weight excluding hydrogens is 446 g/mol. The van der Waals surface area contributed by atoms with Gasteiger partial charge in [-0.15, -0.1) is 0 Å². The van der Waals surface area contributed by atoms with E-state index in [0.717, 1.165) is 55.0 Å². The van der Waals surface area contributed by atoms with Crippen LogP contribution in [0.4, 0.5) is 5.13 Å². The molecule has 9 heteroatoms. The number of ether oxygens (including phenoxy) is 1. The van der Waals surface area contributed by atoms with Crippen LogP contribution in [0.25, 0.3) is 10.2 Å². The molecule has 1 fully saturated rings. The summed E-state index contributed by atoms with van der Waals surface area (Å²) in [5.41, 5.74) is 1.77. The number of hydrogen-bond acceptors (Lipinski definition) is 7. The molecular formula is C23H27N3O4S2. The van der Waals surface area contributed by atoms with E-state index in [9.17, 15) is 13.2 Å². The third-order valence-electron chi connectivity index (χ3n) is 5.47. The summed E-state index contributed by atoms with van der Waals surface area (Å²) in [5, 5.41) is 0.539. The summed E-state index contributed by atoms with van der Waals surface area (Å²) in [6.07, 6.45) is 0.728. The van der Waals surface area contributed by atoms with Crippen molar-refractivity contribution in [2.45, 2.75) is 18.2 Å². The number of rotatable bonds is 8. The number of anilines is 1. The number of thiazole rings is 1. The number of aryl methyl sites for hydroxylation is 1. The van der Waals surface area contributed by atoms with E-state index in [4.69, 9.17) is 4.74 Å². The molecule has 1 aromatic heterocycles. The van der Waals surface area contributed by atoms with Gasteiger partial charge >= 0.3 is 0 Å². The molecule has 0 spiro atoms. The molecule has 1 saturated heterocycles. The fourth-order valence-corrected chi connectivity index (χ4v) is 5.86. The van der Waals surface area contributed by atoms with Gasteiger partial charge in [-0.25, -0.2) is 13.4 Å². The number of morpholine rings is 1. The summed E-state index contributed by atoms with van der Waals surface area (Å²) in [7, 11) is -3.75. The van der Waals surface area contributed by atoms with Gasteiger partial charge < -0.3 is 4.74 Å². The smallest absolute Gasteiger partial charge is 0.244 e. The van der Waals surface area contributed by atoms with E-state index < -0.39 is 21.5 Å². The SMILES string of the molecule is Cc1ccc(S(=O)(=O)CC(=O)N(CCCN2CCOCC2)c2nc3ccccc3s2)cc1. The number of aromatic nitrogens is 1. The number of benzene rings is 2. The van der Waals surface area contributed by atoms with Crippen molar-refractivity contribution in [3.63, 3.8) is 0 Å². The van der Waals surface area contributed by atoms with Crippen molar-refractivity contribution in [1.82, 2.24) is 9.88 Å². The van der Waals surface area contributed by atoms with Crippen molar-refractivity contribution in [2.24, 2.45) is 0 Å². The summed E-state index contributed by atoms with van der Waals surface area (Å²) in [4.78, 5) is 21.8. The Morgan fingerprint density at radius 3 is 2.56 bits per heavy atom. The molecule has 2 aromatic carbocycles. The van der Waals surface area contributed by atoms with Crippen molar-refractivity contribution in [3.8, 4) is 0 Å². The molecule has 0 N–H and O–H groups in total. The van der Waals surface area contributed by atoms with Crippen LogP contribution in [0.5, 0.6) is 0 Å². The topological polar surface area (TPSA) is 79.8 Å². The first-order valence-electron chi connectivity index (χ1n) is 10.7. The van der Waals surface area contributed by atoms with Gasteiger partial charge in [0.25, 0.3) is 0 Å². The number of carbonyl (C=O) groups is 1. The van der Waals surface area contributed by atoms with E-state index in [-0.39, 0.29) is 4.90 Å². The highest BCUT2D eigenvalue weighted by atomic mass is 32.2. The highest BCUT2D eigenvalue weighted by Gasteiger charge is 2.26. The van der Waals surface area contributed by atoms with Crippen molar-refractivity contribution in [3.05, 3.63) is 54.1 Å². The number of fused-ring (bicyclic) bond motifs is 1. The van der Waals surface area contributed by atoms with Crippen LogP contribution in [-0.4, -0.2) is 69.4 Å². The van der Waals surface area contributed by atoms with Crippen LogP contribution in [0.15, 0.2) is 53.4 Å². The zero-order valence-electron chi connectivity index (χ0n) is 18.1. The predicted molar refractivity (Wildman–Crippen MR) is 127 cm³/mol. The molecule has 3 aromatic rings. The number of para-hydroxylation sites is 1. The van der Waals surface area contributed by atoms with Gasteiger partial charge in [-0.05, 0) is 37.6 Å². The van der Waals surface area contributed by atoms with E-state index >= 15 is 0 Å². The fraction of sp³-hybridized carbons (Fsp3) is 0.391. The van der Waals surface area contributed by atoms with Crippen LogP contribution in [0.1, 0.15) is 12.0 Å². The molecule has 0 saturated carbocycles. The molecule has 2 heterocycles. The summed E-state index contributed by atoms with van der Waals surface area (Å²) >= 11 is 1.41. The van der Waals surface area contributed by atoms with Gasteiger partial charge in [0.15, 0.2) is 15.0 Å². The maximum Gasteiger partial charge on any atom is 0.244 e. The van der Waals surface area contributed by atoms with Gasteiger partial charge in [0.2, 0.25) is 5.91 Å². The Morgan fingerprint density at radius 2 is 1.84 bits per heavy atom. The zero-order chi connectivity index (χ0) is 22.6. The van der Waals surface area contributed by atoms with Crippen LogP contribution in [0.2, 0.25) is 0 Å². The lowest BCUT2D eigenvalue weighted by Crippen LogP contribution is -2.40. The third-order valence-corrected chi connectivity index (χ3v) is 8.14. The number of hydrogen-bond donors (Lipinski definition) is 0. The van der Waals surface area contributed by atoms with Gasteiger partial charge in [0.05, 0.1) is 28.3 Å². The lowest BCUT2D eigenvalue weighted by molar-refractivity contribution is -0.116. The average Bonchev–Trinajstić information content (AvgIpc) is 3.21. The van der Waals surface area contributed by atoms with E-state index in [0.29, 0.717) is 11.7 Å². The number of amides is 1. The van der Waals surface area contributed by atoms with E-state index in [1.54, 1.807) is 24.3 Å². The Morgan fingerprint density at radius 1 is 1.12 bits per heavy atom. The molecule has 1 aliphatic rings. The predicted octanol–water partition coefficient (Wildman–Crippen LogP) is 3.13. The second-order valence-corrected chi connectivity index (χ2v) is 10.9. The van der Waals surface area contributed by atoms with E-state index in [1.165, 1.54) is 16.2 Å². The molecule has 1 aliphatic heterocycles. The van der Waals surface area contributed by atoms with Crippen molar-refractivity contribution in [2.75, 3.05) is 50.0 Å². The van der Waals surface area contributed by atoms with Gasteiger partial charge in [0.1, 0.15) is 5.75 Å². The lowest BCUT2D eigenvalue weighted by Gasteiger charge is -2.27. The second-order valence-electron chi connectivity index (χ2n) is 7.89. The Balaban J connectivity index is 1.53. The minimum absolute atomic E-state index is 0.161. The average molecular weight is 474 g/mol. The zero-order valence-corrected chi connectivity index (χ0v) is 19.7. The Kier molecular flexibility index (Phi) is 7.20. The summed E-state index contributed by atoms with van der Waals surface area (Å²) in [5.74, 6) is -1.03. The number of sulfone groups is 1. The van der Waals surface area contributed by atoms with Gasteiger partial charge in [0, 0.05) is 26.2 Å². The van der Waals surface area contributed by atoms with Crippen LogP contribution in [-0.2, 0) is 19.4 Å². The maximum atomic E-state index is 13.2. The first-order chi connectivity index (χ1) is 15.4. The molecule has 7 nitrogen and oxygen atoms in total. The van der Waals surface area contributed by atoms with Crippen molar-refractivity contribution < 1.29 is 17.9 Å². The number of nitrogens with zero attached hydrogens (tertiary/aromatic N) is 3. The molecule has 32 heavy (non-hydrogen) atoms. The summed E-state index contributed by atoms with van der Waals surface area (Å²) in [6, 6.07) is 14.3. The van der Waals surface area contributed by atoms with Crippen molar-refractivity contribution >= 4 is 42.4 Å². The lowest BCUT2D eigenvalue weighted by atomic mass is 10.2. The first kappa shape index (κ1) is 22.8. The normalized spacial score (nSPS) is 15.2. The maximum absolute atomic E-state index is 13.2. The van der Waals surface area contributed by atoms with Gasteiger partial charge in [-0.3, -0.25) is 14.6 Å². The summed E-state index contributed by atoms with van der Waals surface area (Å²) < 4.78 is 32.2. The van der Waals surface area contributed by atoms with Crippen LogP contribution in [0.3, 0.4) is 0 Å².